The zero-order valence-corrected chi connectivity index (χ0v) is 44.7. The molecule has 3 heterocycles. The molecule has 1 N–H and O–H groups in total. The lowest BCUT2D eigenvalue weighted by Gasteiger charge is -2.38. The molecule has 0 aliphatic carbocycles. The number of H-pyrrole nitrogens is 1. The highest BCUT2D eigenvalue weighted by molar-refractivity contribution is 6.91. The van der Waals surface area contributed by atoms with Crippen molar-refractivity contribution in [3.8, 4) is 68.2 Å². The molecule has 0 spiro atoms. The van der Waals surface area contributed by atoms with Crippen molar-refractivity contribution in [1.82, 2.24) is 15.0 Å². The molecule has 3 aromatic heterocycles. The third kappa shape index (κ3) is 8.24. The van der Waals surface area contributed by atoms with Gasteiger partial charge in [-0.1, -0.05) is 204 Å². The highest BCUT2D eigenvalue weighted by Gasteiger charge is 2.43. The van der Waals surface area contributed by atoms with E-state index in [-0.39, 0.29) is 0 Å². The largest absolute Gasteiger partial charge is 0.352 e. The lowest BCUT2D eigenvalue weighted by Crippen LogP contribution is -2.43. The van der Waals surface area contributed by atoms with Gasteiger partial charge in [0.1, 0.15) is 16.1 Å². The van der Waals surface area contributed by atoms with Gasteiger partial charge in [0.25, 0.3) is 0 Å². The average molecular weight is 934 g/mol. The molecule has 0 bridgehead atoms. The first-order valence-corrected chi connectivity index (χ1v) is 29.7. The van der Waals surface area contributed by atoms with Crippen LogP contribution >= 0.6 is 0 Å². The van der Waals surface area contributed by atoms with Gasteiger partial charge in [-0.2, -0.15) is 0 Å². The molecule has 0 saturated heterocycles. The third-order valence-electron chi connectivity index (χ3n) is 15.7. The molecule has 0 amide bonds. The van der Waals surface area contributed by atoms with Gasteiger partial charge in [-0.3, -0.25) is 0 Å². The Morgan fingerprint density at radius 2 is 0.580 bits per heavy atom. The van der Waals surface area contributed by atoms with E-state index in [1.807, 2.05) is 0 Å². The second-order valence-corrected chi connectivity index (χ2v) is 32.2. The van der Waals surface area contributed by atoms with Crippen LogP contribution in [0.25, 0.3) is 88.4 Å². The fraction of sp³-hybridized carbons (Fsp3) is 0.281. The van der Waals surface area contributed by atoms with Crippen molar-refractivity contribution in [2.75, 3.05) is 0 Å². The van der Waals surface area contributed by atoms with Crippen molar-refractivity contribution in [2.24, 2.45) is 0 Å². The molecule has 6 aromatic carbocycles. The fourth-order valence-corrected chi connectivity index (χ4v) is 22.8. The van der Waals surface area contributed by atoms with Gasteiger partial charge in [-0.15, -0.1) is 11.1 Å². The third-order valence-corrected chi connectivity index (χ3v) is 28.2. The number of nitrogens with one attached hydrogen (secondary N) is 1. The van der Waals surface area contributed by atoms with E-state index in [9.17, 15) is 0 Å². The van der Waals surface area contributed by atoms with Crippen LogP contribution < -0.4 is 0 Å². The van der Waals surface area contributed by atoms with E-state index in [1.54, 1.807) is 0 Å². The summed E-state index contributed by atoms with van der Waals surface area (Å²) >= 11 is 0. The molecule has 0 aliphatic rings. The molecule has 0 radical (unpaired) electrons. The minimum Gasteiger partial charge on any atom is -0.352 e. The highest BCUT2D eigenvalue weighted by Crippen LogP contribution is 2.45. The van der Waals surface area contributed by atoms with E-state index < -0.39 is 16.1 Å². The van der Waals surface area contributed by atoms with E-state index in [4.69, 9.17) is 9.97 Å². The van der Waals surface area contributed by atoms with Gasteiger partial charge in [0.05, 0.1) is 34.2 Å². The normalized spacial score (nSPS) is 12.3. The van der Waals surface area contributed by atoms with Crippen molar-refractivity contribution >= 4 is 59.2 Å². The standard InChI is InChI=1S/C64H67N3Si2/c1-41(2)68(42(3)4,43(5)6)39-37-51-47-23-13-17-27-53(47)63(54-28-18-14-24-48(51)54)61-33-21-31-57(66-61)59-35-36-60(65-59)58-32-22-34-62(67-58)64-55-29-19-15-25-49(55)52(50-26-16-20-30-56(50)64)38-40-69(44(7)8,45(9)10)46(11)12/h13-36,41-46,65H,1-12H3. The summed E-state index contributed by atoms with van der Waals surface area (Å²) < 4.78 is 0. The fourth-order valence-electron chi connectivity index (χ4n) is 12.4. The van der Waals surface area contributed by atoms with Crippen molar-refractivity contribution in [3.05, 3.63) is 157 Å². The molecule has 346 valence electrons. The average Bonchev–Trinajstić information content (AvgIpc) is 3.84. The maximum atomic E-state index is 5.42. The molecular weight excluding hydrogens is 867 g/mol. The number of hydrogen-bond donors (Lipinski definition) is 1. The predicted molar refractivity (Wildman–Crippen MR) is 304 cm³/mol. The Morgan fingerprint density at radius 1 is 0.319 bits per heavy atom. The molecule has 0 atom stereocenters. The first-order chi connectivity index (χ1) is 33.2. The molecule has 0 unspecified atom stereocenters. The number of aromatic amines is 1. The topological polar surface area (TPSA) is 41.6 Å². The number of nitrogens with zero attached hydrogens (tertiary/aromatic N) is 2. The second-order valence-electron chi connectivity index (χ2n) is 21.1. The molecule has 9 rings (SSSR count). The first-order valence-electron chi connectivity index (χ1n) is 25.3. The van der Waals surface area contributed by atoms with Gasteiger partial charge in [-0.25, -0.2) is 9.97 Å². The van der Waals surface area contributed by atoms with Gasteiger partial charge in [-0.05, 0) is 113 Å². The predicted octanol–water partition coefficient (Wildman–Crippen LogP) is 18.2. The van der Waals surface area contributed by atoms with Crippen molar-refractivity contribution < 1.29 is 0 Å². The van der Waals surface area contributed by atoms with Gasteiger partial charge >= 0.3 is 0 Å². The molecule has 69 heavy (non-hydrogen) atoms. The summed E-state index contributed by atoms with van der Waals surface area (Å²) in [5.41, 5.74) is 21.4. The summed E-state index contributed by atoms with van der Waals surface area (Å²) in [4.78, 5) is 14.6. The summed E-state index contributed by atoms with van der Waals surface area (Å²) in [5, 5.41) is 9.37. The molecule has 5 heteroatoms. The zero-order chi connectivity index (χ0) is 48.8. The van der Waals surface area contributed by atoms with Crippen LogP contribution in [-0.4, -0.2) is 31.1 Å². The second kappa shape index (κ2) is 19.1. The summed E-state index contributed by atoms with van der Waals surface area (Å²) in [5.74, 6) is 7.76. The van der Waals surface area contributed by atoms with E-state index in [1.165, 1.54) is 43.1 Å². The maximum absolute atomic E-state index is 5.42. The van der Waals surface area contributed by atoms with Crippen LogP contribution in [0.1, 0.15) is 94.2 Å². The van der Waals surface area contributed by atoms with E-state index in [0.717, 1.165) is 56.4 Å². The van der Waals surface area contributed by atoms with Gasteiger partial charge in [0, 0.05) is 22.3 Å². The Balaban J connectivity index is 1.13. The van der Waals surface area contributed by atoms with Crippen molar-refractivity contribution in [2.45, 2.75) is 116 Å². The number of aromatic nitrogens is 3. The van der Waals surface area contributed by atoms with Gasteiger partial charge < -0.3 is 4.98 Å². The highest BCUT2D eigenvalue weighted by atomic mass is 28.3. The summed E-state index contributed by atoms with van der Waals surface area (Å²) in [7, 11) is -3.95. The van der Waals surface area contributed by atoms with Gasteiger partial charge in [0.2, 0.25) is 0 Å². The minimum absolute atomic E-state index is 0.553. The summed E-state index contributed by atoms with van der Waals surface area (Å²) in [6.45, 7) is 28.6. The lowest BCUT2D eigenvalue weighted by atomic mass is 9.90. The minimum atomic E-state index is -1.98. The zero-order valence-electron chi connectivity index (χ0n) is 42.7. The van der Waals surface area contributed by atoms with Gasteiger partial charge in [0.15, 0.2) is 0 Å². The van der Waals surface area contributed by atoms with Crippen LogP contribution in [0.5, 0.6) is 0 Å². The van der Waals surface area contributed by atoms with Crippen LogP contribution in [-0.2, 0) is 0 Å². The summed E-state index contributed by atoms with van der Waals surface area (Å²) in [6.07, 6.45) is 0. The van der Waals surface area contributed by atoms with E-state index in [2.05, 4.69) is 257 Å². The Morgan fingerprint density at radius 3 is 0.855 bits per heavy atom. The molecule has 9 aromatic rings. The van der Waals surface area contributed by atoms with Crippen LogP contribution in [0.4, 0.5) is 0 Å². The number of rotatable bonds is 10. The SMILES string of the molecule is CC(C)[Si](C#Cc1c2ccccc2c(-c2cccc(-c3ccc(-c4cccc(-c5c6ccccc6c(C#C[Si](C(C)C)(C(C)C)C(C)C)c6ccccc56)n4)[nH]3)n2)c2ccccc12)(C(C)C)C(C)C. The number of hydrogen-bond acceptors (Lipinski definition) is 2. The Labute approximate surface area is 413 Å². The van der Waals surface area contributed by atoms with Crippen LogP contribution in [0, 0.1) is 22.9 Å². The lowest BCUT2D eigenvalue weighted by molar-refractivity contribution is 0.838. The van der Waals surface area contributed by atoms with Crippen LogP contribution in [0.3, 0.4) is 0 Å². The van der Waals surface area contributed by atoms with Crippen LogP contribution in [0.15, 0.2) is 146 Å². The smallest absolute Gasteiger partial charge is 0.146 e. The van der Waals surface area contributed by atoms with Crippen LogP contribution in [0.2, 0.25) is 33.2 Å². The number of benzene rings is 6. The van der Waals surface area contributed by atoms with E-state index >= 15 is 0 Å². The number of fused-ring (bicyclic) bond motifs is 4. The van der Waals surface area contributed by atoms with Crippen molar-refractivity contribution in [3.63, 3.8) is 0 Å². The molecular formula is C64H67N3Si2. The monoisotopic (exact) mass is 933 g/mol. The molecule has 3 nitrogen and oxygen atoms in total. The Hall–Kier alpha value is -6.51. The first kappa shape index (κ1) is 47.6. The van der Waals surface area contributed by atoms with E-state index in [0.29, 0.717) is 33.2 Å². The van der Waals surface area contributed by atoms with Crippen molar-refractivity contribution in [1.29, 1.82) is 0 Å². The molecule has 0 fully saturated rings. The Kier molecular flexibility index (Phi) is 13.2. The maximum Gasteiger partial charge on any atom is 0.146 e. The Bertz CT molecular complexity index is 3120. The quantitative estimate of drug-likeness (QED) is 0.0843. The molecule has 0 saturated carbocycles. The molecule has 0 aliphatic heterocycles. The summed E-state index contributed by atoms with van der Waals surface area (Å²) in [6, 6.07) is 52.1. The number of pyridine rings is 2.